The van der Waals surface area contributed by atoms with Crippen molar-refractivity contribution in [2.24, 2.45) is 0 Å². The lowest BCUT2D eigenvalue weighted by Crippen LogP contribution is -2.29. The van der Waals surface area contributed by atoms with Gasteiger partial charge in [0, 0.05) is 5.56 Å². The molecule has 1 aromatic heterocycles. The topological polar surface area (TPSA) is 107 Å². The molecule has 1 fully saturated rings. The summed E-state index contributed by atoms with van der Waals surface area (Å²) in [6, 6.07) is 24.7. The Kier molecular flexibility index (Phi) is 7.34. The molecule has 0 spiro atoms. The van der Waals surface area contributed by atoms with Crippen molar-refractivity contribution < 1.29 is 33.6 Å². The molecule has 1 amide bonds. The number of anilines is 1. The summed E-state index contributed by atoms with van der Waals surface area (Å²) in [7, 11) is 1.52. The van der Waals surface area contributed by atoms with Gasteiger partial charge in [0.1, 0.15) is 25.6 Å². The normalized spacial score (nSPS) is 17.1. The molecule has 9 nitrogen and oxygen atoms in total. The summed E-state index contributed by atoms with van der Waals surface area (Å²) in [5, 5.41) is 12.0. The largest absolute Gasteiger partial charge is 0.507 e. The Bertz CT molecular complexity index is 1990. The van der Waals surface area contributed by atoms with E-state index in [1.54, 1.807) is 36.4 Å². The van der Waals surface area contributed by atoms with E-state index in [-0.39, 0.29) is 11.3 Å². The Morgan fingerprint density at radius 1 is 0.956 bits per heavy atom. The highest BCUT2D eigenvalue weighted by atomic mass is 32.1. The molecular weight excluding hydrogens is 592 g/mol. The van der Waals surface area contributed by atoms with Gasteiger partial charge in [0.25, 0.3) is 5.78 Å². The van der Waals surface area contributed by atoms with Gasteiger partial charge in [-0.25, -0.2) is 4.98 Å². The zero-order valence-corrected chi connectivity index (χ0v) is 25.3. The molecule has 2 aliphatic rings. The number of aliphatic hydroxyl groups is 1. The molecule has 1 atom stereocenters. The van der Waals surface area contributed by atoms with Gasteiger partial charge in [-0.2, -0.15) is 0 Å². The van der Waals surface area contributed by atoms with Gasteiger partial charge in [-0.1, -0.05) is 53.8 Å². The Morgan fingerprint density at radius 3 is 2.56 bits per heavy atom. The first-order valence-corrected chi connectivity index (χ1v) is 15.2. The second kappa shape index (κ2) is 11.6. The number of amides is 1. The van der Waals surface area contributed by atoms with E-state index < -0.39 is 17.7 Å². The predicted octanol–water partition coefficient (Wildman–Crippen LogP) is 6.59. The minimum absolute atomic E-state index is 0.0767. The van der Waals surface area contributed by atoms with Gasteiger partial charge in [0.2, 0.25) is 0 Å². The summed E-state index contributed by atoms with van der Waals surface area (Å²) in [5.74, 6) is -0.0742. The highest BCUT2D eigenvalue weighted by Crippen LogP contribution is 2.46. The number of carbonyl (C=O) groups is 2. The summed E-state index contributed by atoms with van der Waals surface area (Å²) >= 11 is 1.30. The maximum Gasteiger partial charge on any atom is 0.301 e. The van der Waals surface area contributed by atoms with Crippen LogP contribution in [0.15, 0.2) is 90.5 Å². The number of Topliss-reactive ketones (excluding diaryl/α,β-unsaturated/α-hetero) is 1. The first-order chi connectivity index (χ1) is 21.9. The van der Waals surface area contributed by atoms with Crippen molar-refractivity contribution in [1.29, 1.82) is 0 Å². The maximum atomic E-state index is 13.8. The molecular formula is C35H28N2O7S. The first kappa shape index (κ1) is 28.4. The average Bonchev–Trinajstić information content (AvgIpc) is 3.60. The van der Waals surface area contributed by atoms with Crippen molar-refractivity contribution in [3.63, 3.8) is 0 Å². The van der Waals surface area contributed by atoms with Gasteiger partial charge < -0.3 is 24.1 Å². The molecule has 0 radical (unpaired) electrons. The molecule has 45 heavy (non-hydrogen) atoms. The van der Waals surface area contributed by atoms with E-state index in [2.05, 4.69) is 0 Å². The summed E-state index contributed by atoms with van der Waals surface area (Å²) < 4.78 is 24.0. The minimum atomic E-state index is -1.00. The van der Waals surface area contributed by atoms with Crippen LogP contribution in [0, 0.1) is 6.92 Å². The molecule has 0 bridgehead atoms. The number of ketones is 1. The van der Waals surface area contributed by atoms with Crippen molar-refractivity contribution in [2.45, 2.75) is 19.6 Å². The van der Waals surface area contributed by atoms with E-state index in [0.717, 1.165) is 15.8 Å². The number of aryl methyl sites for hydroxylation is 1. The third-order valence-electron chi connectivity index (χ3n) is 7.74. The van der Waals surface area contributed by atoms with Gasteiger partial charge in [0.15, 0.2) is 28.1 Å². The molecule has 1 saturated heterocycles. The first-order valence-electron chi connectivity index (χ1n) is 14.3. The fourth-order valence-electron chi connectivity index (χ4n) is 5.52. The fraction of sp³-hybridized carbons (Fsp3) is 0.171. The number of ether oxygens (including phenoxy) is 4. The van der Waals surface area contributed by atoms with Gasteiger partial charge in [0.05, 0.1) is 28.9 Å². The number of fused-ring (bicyclic) bond motifs is 2. The third kappa shape index (κ3) is 5.23. The van der Waals surface area contributed by atoms with E-state index >= 15 is 0 Å². The van der Waals surface area contributed by atoms with Crippen LogP contribution >= 0.6 is 11.3 Å². The number of benzene rings is 4. The van der Waals surface area contributed by atoms with Crippen molar-refractivity contribution in [2.75, 3.05) is 25.2 Å². The van der Waals surface area contributed by atoms with Gasteiger partial charge in [-0.3, -0.25) is 14.5 Å². The number of carbonyl (C=O) groups excluding carboxylic acids is 2. The van der Waals surface area contributed by atoms with E-state index in [4.69, 9.17) is 23.9 Å². The number of hydrogen-bond donors (Lipinski definition) is 1. The summed E-state index contributed by atoms with van der Waals surface area (Å²) in [6.07, 6.45) is 0. The fourth-order valence-corrected chi connectivity index (χ4v) is 6.61. The molecule has 2 aliphatic heterocycles. The maximum absolute atomic E-state index is 13.8. The Balaban J connectivity index is 1.35. The quantitative estimate of drug-likeness (QED) is 0.123. The Labute approximate surface area is 262 Å². The minimum Gasteiger partial charge on any atom is -0.507 e. The number of hydrogen-bond acceptors (Lipinski definition) is 9. The predicted molar refractivity (Wildman–Crippen MR) is 170 cm³/mol. The molecule has 0 saturated carbocycles. The summed E-state index contributed by atoms with van der Waals surface area (Å²) in [6.45, 7) is 3.07. The van der Waals surface area contributed by atoms with Crippen LogP contribution in [-0.2, 0) is 16.2 Å². The monoisotopic (exact) mass is 620 g/mol. The molecule has 226 valence electrons. The van der Waals surface area contributed by atoms with E-state index in [9.17, 15) is 14.7 Å². The molecule has 0 aliphatic carbocycles. The lowest BCUT2D eigenvalue weighted by atomic mass is 9.95. The molecule has 4 aromatic carbocycles. The van der Waals surface area contributed by atoms with E-state index in [1.807, 2.05) is 55.5 Å². The number of methoxy groups -OCH3 is 1. The highest BCUT2D eigenvalue weighted by Gasteiger charge is 2.48. The zero-order valence-electron chi connectivity index (χ0n) is 24.5. The second-order valence-corrected chi connectivity index (χ2v) is 11.7. The van der Waals surface area contributed by atoms with Crippen molar-refractivity contribution in [3.8, 4) is 23.0 Å². The van der Waals surface area contributed by atoms with E-state index in [0.29, 0.717) is 64.6 Å². The zero-order chi connectivity index (χ0) is 31.1. The standard InChI is InChI=1S/C35H28N2O7S/c1-20-8-11-24-29(16-20)45-35(36-24)37-31(22-9-12-25(27(17-22)41-2)44-19-21-6-4-3-5-7-21)30(33(39)34(37)40)32(38)23-10-13-26-28(18-23)43-15-14-42-26/h3-13,16-18,31,38H,14-15,19H2,1-2H3. The van der Waals surface area contributed by atoms with Crippen molar-refractivity contribution in [3.05, 3.63) is 113 Å². The van der Waals surface area contributed by atoms with Crippen molar-refractivity contribution >= 4 is 44.1 Å². The smallest absolute Gasteiger partial charge is 0.301 e. The van der Waals surface area contributed by atoms with Gasteiger partial charge in [-0.05, 0) is 66.1 Å². The third-order valence-corrected chi connectivity index (χ3v) is 8.76. The molecule has 1 unspecified atom stereocenters. The summed E-state index contributed by atoms with van der Waals surface area (Å²) in [4.78, 5) is 33.6. The van der Waals surface area contributed by atoms with Crippen LogP contribution in [0.5, 0.6) is 23.0 Å². The Hall–Kier alpha value is -5.35. The Morgan fingerprint density at radius 2 is 1.76 bits per heavy atom. The molecule has 5 aromatic rings. The number of nitrogens with zero attached hydrogens (tertiary/aromatic N) is 2. The number of aromatic nitrogens is 1. The number of aliphatic hydroxyl groups excluding tert-OH is 1. The number of rotatable bonds is 7. The van der Waals surface area contributed by atoms with Crippen molar-refractivity contribution in [1.82, 2.24) is 4.98 Å². The second-order valence-electron chi connectivity index (χ2n) is 10.7. The lowest BCUT2D eigenvalue weighted by molar-refractivity contribution is -0.132. The van der Waals surface area contributed by atoms with Gasteiger partial charge in [-0.15, -0.1) is 0 Å². The van der Waals surface area contributed by atoms with Crippen LogP contribution in [-0.4, -0.2) is 42.1 Å². The molecule has 10 heteroatoms. The molecule has 3 heterocycles. The number of thiazole rings is 1. The van der Waals surface area contributed by atoms with Crippen LogP contribution in [0.25, 0.3) is 16.0 Å². The van der Waals surface area contributed by atoms with Crippen LogP contribution < -0.4 is 23.8 Å². The van der Waals surface area contributed by atoms with Crippen LogP contribution in [0.2, 0.25) is 0 Å². The SMILES string of the molecule is COc1cc(C2C(=C(O)c3ccc4c(c3)OCCO4)C(=O)C(=O)N2c2nc3ccc(C)cc3s2)ccc1OCc1ccccc1. The molecule has 1 N–H and O–H groups in total. The van der Waals surface area contributed by atoms with Gasteiger partial charge >= 0.3 is 5.91 Å². The highest BCUT2D eigenvalue weighted by molar-refractivity contribution is 7.22. The summed E-state index contributed by atoms with van der Waals surface area (Å²) in [5.41, 5.74) is 3.51. The van der Waals surface area contributed by atoms with Crippen LogP contribution in [0.3, 0.4) is 0 Å². The lowest BCUT2D eigenvalue weighted by Gasteiger charge is -2.24. The van der Waals surface area contributed by atoms with Crippen LogP contribution in [0.4, 0.5) is 5.13 Å². The molecule has 7 rings (SSSR count). The van der Waals surface area contributed by atoms with Crippen LogP contribution in [0.1, 0.15) is 28.3 Å². The van der Waals surface area contributed by atoms with E-state index in [1.165, 1.54) is 23.3 Å². The average molecular weight is 621 g/mol.